The number of rotatable bonds is 3. The Bertz CT molecular complexity index is 1580. The third kappa shape index (κ3) is 3.56. The highest BCUT2D eigenvalue weighted by atomic mass is 16.6. The fourth-order valence-electron chi connectivity index (χ4n) is 4.81. The van der Waals surface area contributed by atoms with E-state index in [1.54, 1.807) is 26.0 Å². The van der Waals surface area contributed by atoms with Crippen LogP contribution in [0.3, 0.4) is 0 Å². The van der Waals surface area contributed by atoms with Gasteiger partial charge in [0, 0.05) is 19.9 Å². The summed E-state index contributed by atoms with van der Waals surface area (Å²) in [7, 11) is 1.45. The smallest absolute Gasteiger partial charge is 0.303 e. The van der Waals surface area contributed by atoms with Gasteiger partial charge in [-0.1, -0.05) is 30.3 Å². The molecule has 2 heterocycles. The van der Waals surface area contributed by atoms with Crippen LogP contribution >= 0.6 is 0 Å². The van der Waals surface area contributed by atoms with Crippen LogP contribution in [0.2, 0.25) is 0 Å². The van der Waals surface area contributed by atoms with Crippen LogP contribution < -0.4 is 14.9 Å². The molecule has 0 bridgehead atoms. The second-order valence-corrected chi connectivity index (χ2v) is 9.05. The summed E-state index contributed by atoms with van der Waals surface area (Å²) in [6.45, 7) is 5.97. The van der Waals surface area contributed by atoms with Crippen LogP contribution in [0.4, 0.5) is 0 Å². The molecule has 0 aliphatic carbocycles. The standard InChI is InChI=1S/C27H24O8/c1-13(28)32-25-22-19(35-27(3,4)26(25)33-14(2)29)12-18(31-5)21-23(30)20-16-9-7-6-8-15(16)10-11-17(20)34-24(21)22/h6-12,25-26H,1-5H3/t25-,26-/m1/s1. The fraction of sp³-hybridized carbons (Fsp3) is 0.296. The third-order valence-corrected chi connectivity index (χ3v) is 6.23. The van der Waals surface area contributed by atoms with E-state index in [9.17, 15) is 14.4 Å². The summed E-state index contributed by atoms with van der Waals surface area (Å²) in [5, 5.41) is 2.22. The first-order valence-corrected chi connectivity index (χ1v) is 11.1. The lowest BCUT2D eigenvalue weighted by molar-refractivity contribution is -0.187. The van der Waals surface area contributed by atoms with E-state index in [0.29, 0.717) is 22.3 Å². The molecule has 1 aliphatic heterocycles. The molecular weight excluding hydrogens is 452 g/mol. The van der Waals surface area contributed by atoms with Gasteiger partial charge in [-0.05, 0) is 30.7 Å². The summed E-state index contributed by atoms with van der Waals surface area (Å²) in [6.07, 6.45) is -2.07. The van der Waals surface area contributed by atoms with Crippen molar-refractivity contribution in [1.82, 2.24) is 0 Å². The summed E-state index contributed by atoms with van der Waals surface area (Å²) in [5.41, 5.74) is -0.565. The molecule has 0 saturated carbocycles. The molecule has 8 nitrogen and oxygen atoms in total. The molecule has 180 valence electrons. The highest BCUT2D eigenvalue weighted by Crippen LogP contribution is 2.49. The van der Waals surface area contributed by atoms with E-state index in [4.69, 9.17) is 23.4 Å². The SMILES string of the molecule is COc1cc2c(c3oc4ccc5ccccc5c4c(=O)c13)[C@@H](OC(C)=O)[C@@H](OC(C)=O)C(C)(C)O2. The molecule has 1 aromatic heterocycles. The number of benzene rings is 3. The molecule has 0 fully saturated rings. The van der Waals surface area contributed by atoms with E-state index in [-0.39, 0.29) is 22.1 Å². The third-order valence-electron chi connectivity index (χ3n) is 6.23. The number of fused-ring (bicyclic) bond motifs is 6. The summed E-state index contributed by atoms with van der Waals surface area (Å²) >= 11 is 0. The van der Waals surface area contributed by atoms with Gasteiger partial charge in [0.15, 0.2) is 17.8 Å². The van der Waals surface area contributed by atoms with Gasteiger partial charge in [0.05, 0.1) is 18.1 Å². The van der Waals surface area contributed by atoms with Crippen molar-refractivity contribution >= 4 is 44.6 Å². The Morgan fingerprint density at radius 3 is 2.37 bits per heavy atom. The topological polar surface area (TPSA) is 101 Å². The van der Waals surface area contributed by atoms with Crippen LogP contribution in [-0.2, 0) is 19.1 Å². The van der Waals surface area contributed by atoms with Crippen LogP contribution in [0.5, 0.6) is 11.5 Å². The highest BCUT2D eigenvalue weighted by molar-refractivity contribution is 6.09. The van der Waals surface area contributed by atoms with Crippen LogP contribution in [0, 0.1) is 0 Å². The lowest BCUT2D eigenvalue weighted by atomic mass is 9.86. The fourth-order valence-corrected chi connectivity index (χ4v) is 4.81. The highest BCUT2D eigenvalue weighted by Gasteiger charge is 2.50. The molecule has 2 atom stereocenters. The van der Waals surface area contributed by atoms with Gasteiger partial charge in [-0.25, -0.2) is 0 Å². The van der Waals surface area contributed by atoms with Crippen molar-refractivity contribution in [2.24, 2.45) is 0 Å². The predicted molar refractivity (Wildman–Crippen MR) is 129 cm³/mol. The quantitative estimate of drug-likeness (QED) is 0.236. The molecule has 35 heavy (non-hydrogen) atoms. The molecule has 3 aromatic carbocycles. The molecule has 4 aromatic rings. The lowest BCUT2D eigenvalue weighted by Crippen LogP contribution is -2.52. The number of methoxy groups -OCH3 is 1. The number of carbonyl (C=O) groups is 2. The van der Waals surface area contributed by atoms with Crippen molar-refractivity contribution in [3.63, 3.8) is 0 Å². The Morgan fingerprint density at radius 2 is 1.69 bits per heavy atom. The molecular formula is C27H24O8. The number of hydrogen-bond donors (Lipinski definition) is 0. The maximum absolute atomic E-state index is 13.9. The largest absolute Gasteiger partial charge is 0.496 e. The first-order valence-electron chi connectivity index (χ1n) is 11.1. The minimum atomic E-state index is -1.08. The van der Waals surface area contributed by atoms with E-state index in [2.05, 4.69) is 0 Å². The molecule has 0 amide bonds. The Hall–Kier alpha value is -4.07. The molecule has 0 N–H and O–H groups in total. The Morgan fingerprint density at radius 1 is 0.971 bits per heavy atom. The number of carbonyl (C=O) groups excluding carboxylic acids is 2. The Balaban J connectivity index is 1.92. The Labute approximate surface area is 200 Å². The average molecular weight is 476 g/mol. The van der Waals surface area contributed by atoms with Crippen LogP contribution in [0.1, 0.15) is 39.4 Å². The number of ether oxygens (including phenoxy) is 4. The maximum atomic E-state index is 13.9. The minimum Gasteiger partial charge on any atom is -0.496 e. The van der Waals surface area contributed by atoms with Gasteiger partial charge in [0.25, 0.3) is 0 Å². The lowest BCUT2D eigenvalue weighted by Gasteiger charge is -2.43. The van der Waals surface area contributed by atoms with E-state index in [0.717, 1.165) is 10.8 Å². The number of esters is 2. The molecule has 0 spiro atoms. The van der Waals surface area contributed by atoms with Crippen molar-refractivity contribution in [3.05, 3.63) is 58.3 Å². The van der Waals surface area contributed by atoms with Gasteiger partial charge in [-0.15, -0.1) is 0 Å². The zero-order chi connectivity index (χ0) is 25.1. The second-order valence-electron chi connectivity index (χ2n) is 9.05. The van der Waals surface area contributed by atoms with Crippen LogP contribution in [0.15, 0.2) is 51.7 Å². The summed E-state index contributed by atoms with van der Waals surface area (Å²) in [5.74, 6) is -0.597. The van der Waals surface area contributed by atoms with Gasteiger partial charge >= 0.3 is 11.9 Å². The molecule has 5 rings (SSSR count). The van der Waals surface area contributed by atoms with Gasteiger partial charge in [0.1, 0.15) is 28.1 Å². The van der Waals surface area contributed by atoms with E-state index < -0.39 is 29.7 Å². The van der Waals surface area contributed by atoms with Gasteiger partial charge < -0.3 is 23.4 Å². The van der Waals surface area contributed by atoms with E-state index in [1.165, 1.54) is 21.0 Å². The van der Waals surface area contributed by atoms with Crippen molar-refractivity contribution < 1.29 is 33.0 Å². The first-order chi connectivity index (χ1) is 16.6. The predicted octanol–water partition coefficient (Wildman–Crippen LogP) is 4.81. The summed E-state index contributed by atoms with van der Waals surface area (Å²) in [6, 6.07) is 12.7. The minimum absolute atomic E-state index is 0.144. The summed E-state index contributed by atoms with van der Waals surface area (Å²) in [4.78, 5) is 38.0. The van der Waals surface area contributed by atoms with Crippen LogP contribution in [-0.4, -0.2) is 30.8 Å². The first kappa shape index (κ1) is 22.7. The molecule has 0 saturated heterocycles. The molecule has 0 unspecified atom stereocenters. The molecule has 8 heteroatoms. The maximum Gasteiger partial charge on any atom is 0.303 e. The normalized spacial score (nSPS) is 18.7. The molecule has 1 aliphatic rings. The Kier molecular flexibility index (Phi) is 5.20. The van der Waals surface area contributed by atoms with Crippen molar-refractivity contribution in [2.75, 3.05) is 7.11 Å². The average Bonchev–Trinajstić information content (AvgIpc) is 2.79. The molecule has 0 radical (unpaired) electrons. The zero-order valence-corrected chi connectivity index (χ0v) is 20.0. The van der Waals surface area contributed by atoms with Gasteiger partial charge in [0.2, 0.25) is 5.43 Å². The number of hydrogen-bond acceptors (Lipinski definition) is 8. The second kappa shape index (κ2) is 8.01. The van der Waals surface area contributed by atoms with Crippen molar-refractivity contribution in [3.8, 4) is 11.5 Å². The van der Waals surface area contributed by atoms with E-state index >= 15 is 0 Å². The van der Waals surface area contributed by atoms with Crippen molar-refractivity contribution in [2.45, 2.75) is 45.5 Å². The van der Waals surface area contributed by atoms with E-state index in [1.807, 2.05) is 30.3 Å². The van der Waals surface area contributed by atoms with Crippen molar-refractivity contribution in [1.29, 1.82) is 0 Å². The van der Waals surface area contributed by atoms with Gasteiger partial charge in [-0.2, -0.15) is 0 Å². The summed E-state index contributed by atoms with van der Waals surface area (Å²) < 4.78 is 29.3. The van der Waals surface area contributed by atoms with Gasteiger partial charge in [-0.3, -0.25) is 14.4 Å². The zero-order valence-electron chi connectivity index (χ0n) is 20.0. The van der Waals surface area contributed by atoms with Crippen LogP contribution in [0.25, 0.3) is 32.7 Å². The monoisotopic (exact) mass is 476 g/mol.